The molecule has 0 fully saturated rings. The summed E-state index contributed by atoms with van der Waals surface area (Å²) in [7, 11) is -0.961. The monoisotopic (exact) mass is 211 g/mol. The normalized spacial score (nSPS) is 11.8. The van der Waals surface area contributed by atoms with Crippen molar-refractivity contribution in [1.82, 2.24) is 0 Å². The largest absolute Gasteiger partial charge is 1.00 e. The summed E-state index contributed by atoms with van der Waals surface area (Å²) in [6.07, 6.45) is 1.62. The average Bonchev–Trinajstić information content (AvgIpc) is 1.94. The van der Waals surface area contributed by atoms with Crippen LogP contribution in [0.3, 0.4) is 0 Å². The van der Waals surface area contributed by atoms with Gasteiger partial charge in [-0.3, -0.25) is 4.21 Å². The Morgan fingerprint density at radius 1 is 1.58 bits per heavy atom. The minimum absolute atomic E-state index is 0. The molecule has 1 rings (SSSR count). The zero-order valence-electron chi connectivity index (χ0n) is 8.07. The van der Waals surface area contributed by atoms with Crippen LogP contribution in [0.1, 0.15) is 1.43 Å². The number of anilines is 1. The van der Waals surface area contributed by atoms with Crippen LogP contribution in [0.2, 0.25) is 0 Å². The molecule has 1 aromatic rings. The van der Waals surface area contributed by atoms with Crippen LogP contribution in [0.4, 0.5) is 5.69 Å². The summed E-state index contributed by atoms with van der Waals surface area (Å²) < 4.78 is 10.9. The Morgan fingerprint density at radius 3 is 2.58 bits per heavy atom. The van der Waals surface area contributed by atoms with Gasteiger partial charge in [-0.05, 0) is 18.2 Å². The van der Waals surface area contributed by atoms with Crippen molar-refractivity contribution < 1.29 is 35.2 Å². The van der Waals surface area contributed by atoms with Gasteiger partial charge in [0.25, 0.3) is 0 Å². The molecule has 0 radical (unpaired) electrons. The maximum atomic E-state index is 10.9. The molecule has 0 aliphatic rings. The van der Waals surface area contributed by atoms with E-state index in [-0.39, 0.29) is 31.0 Å². The summed E-state index contributed by atoms with van der Waals surface area (Å²) >= 11 is 4.09. The molecule has 62 valence electrons. The van der Waals surface area contributed by atoms with E-state index in [1.807, 2.05) is 0 Å². The summed E-state index contributed by atoms with van der Waals surface area (Å²) in [5, 5.41) is 0. The van der Waals surface area contributed by atoms with E-state index in [1.54, 1.807) is 24.5 Å². The van der Waals surface area contributed by atoms with Crippen molar-refractivity contribution in [2.45, 2.75) is 9.79 Å². The van der Waals surface area contributed by atoms with E-state index in [1.165, 1.54) is 0 Å². The Morgan fingerprint density at radius 2 is 2.17 bits per heavy atom. The second-order valence-corrected chi connectivity index (χ2v) is 4.04. The summed E-state index contributed by atoms with van der Waals surface area (Å²) in [5.74, 6) is 0. The second-order valence-electron chi connectivity index (χ2n) is 2.17. The number of benzene rings is 1. The van der Waals surface area contributed by atoms with Crippen molar-refractivity contribution in [3.8, 4) is 0 Å². The number of hydrogen-bond acceptors (Lipinski definition) is 3. The van der Waals surface area contributed by atoms with Crippen LogP contribution in [0.25, 0.3) is 0 Å². The third-order valence-electron chi connectivity index (χ3n) is 1.33. The van der Waals surface area contributed by atoms with Crippen LogP contribution in [-0.4, -0.2) is 10.5 Å². The summed E-state index contributed by atoms with van der Waals surface area (Å²) in [6.45, 7) is 0. The Labute approximate surface area is 104 Å². The molecular weight excluding hydrogens is 201 g/mol. The Balaban J connectivity index is 0. The number of nitrogens with two attached hydrogens (primary N) is 1. The van der Waals surface area contributed by atoms with Crippen LogP contribution in [0.5, 0.6) is 0 Å². The fraction of sp³-hybridized carbons (Fsp3) is 0.143. The standard InChI is InChI=1S/C7H9NOS2.Na.H/c1-11(9)5-2-3-7(10)6(8)4-5;;/h2-4,10H,8H2,1H3;;/q;+1;-1. The molecule has 0 heterocycles. The topological polar surface area (TPSA) is 43.1 Å². The smallest absolute Gasteiger partial charge is 1.00 e. The van der Waals surface area contributed by atoms with Gasteiger partial charge in [0.1, 0.15) is 0 Å². The molecule has 0 bridgehead atoms. The van der Waals surface area contributed by atoms with E-state index in [0.29, 0.717) is 5.69 Å². The third kappa shape index (κ3) is 3.11. The van der Waals surface area contributed by atoms with E-state index in [9.17, 15) is 4.21 Å². The van der Waals surface area contributed by atoms with Gasteiger partial charge >= 0.3 is 29.6 Å². The van der Waals surface area contributed by atoms with Gasteiger partial charge in [-0.15, -0.1) is 12.6 Å². The van der Waals surface area contributed by atoms with Crippen molar-refractivity contribution in [3.63, 3.8) is 0 Å². The Bertz CT molecular complexity index is 309. The summed E-state index contributed by atoms with van der Waals surface area (Å²) in [6, 6.07) is 5.18. The molecule has 0 saturated heterocycles. The van der Waals surface area contributed by atoms with Gasteiger partial charge in [-0.1, -0.05) is 0 Å². The van der Waals surface area contributed by atoms with E-state index in [0.717, 1.165) is 9.79 Å². The molecule has 1 aromatic carbocycles. The molecule has 2 nitrogen and oxygen atoms in total. The maximum absolute atomic E-state index is 10.9. The minimum atomic E-state index is -0.961. The van der Waals surface area contributed by atoms with Crippen LogP contribution >= 0.6 is 12.6 Å². The Kier molecular flexibility index (Phi) is 5.52. The zero-order chi connectivity index (χ0) is 8.43. The fourth-order valence-corrected chi connectivity index (χ4v) is 1.40. The molecule has 0 spiro atoms. The molecule has 1 atom stereocenters. The molecule has 0 amide bonds. The summed E-state index contributed by atoms with van der Waals surface area (Å²) in [5.41, 5.74) is 6.12. The third-order valence-corrected chi connectivity index (χ3v) is 2.66. The molecule has 0 aliphatic heterocycles. The van der Waals surface area contributed by atoms with Crippen molar-refractivity contribution in [1.29, 1.82) is 0 Å². The zero-order valence-corrected chi connectivity index (χ0v) is 10.8. The van der Waals surface area contributed by atoms with Crippen LogP contribution in [0.15, 0.2) is 28.0 Å². The number of hydrogen-bond donors (Lipinski definition) is 2. The summed E-state index contributed by atoms with van der Waals surface area (Å²) in [4.78, 5) is 1.46. The number of rotatable bonds is 1. The molecule has 0 aromatic heterocycles. The van der Waals surface area contributed by atoms with Gasteiger partial charge < -0.3 is 7.16 Å². The van der Waals surface area contributed by atoms with Gasteiger partial charge in [0.15, 0.2) is 0 Å². The average molecular weight is 211 g/mol. The van der Waals surface area contributed by atoms with Gasteiger partial charge in [0, 0.05) is 32.5 Å². The molecule has 0 saturated carbocycles. The van der Waals surface area contributed by atoms with Gasteiger partial charge in [0.05, 0.1) is 0 Å². The molecule has 0 aliphatic carbocycles. The molecule has 2 N–H and O–H groups in total. The van der Waals surface area contributed by atoms with Crippen LogP contribution in [0, 0.1) is 0 Å². The fourth-order valence-electron chi connectivity index (χ4n) is 0.711. The Hall–Kier alpha value is 0.520. The number of nitrogen functional groups attached to an aromatic ring is 1. The predicted molar refractivity (Wildman–Crippen MR) is 51.6 cm³/mol. The van der Waals surface area contributed by atoms with Crippen molar-refractivity contribution >= 4 is 29.1 Å². The molecule has 5 heteroatoms. The van der Waals surface area contributed by atoms with E-state index in [2.05, 4.69) is 12.6 Å². The quantitative estimate of drug-likeness (QED) is 0.334. The number of thiol groups is 1. The van der Waals surface area contributed by atoms with Gasteiger partial charge in [0.2, 0.25) is 0 Å². The van der Waals surface area contributed by atoms with E-state index >= 15 is 0 Å². The first kappa shape index (κ1) is 12.5. The van der Waals surface area contributed by atoms with E-state index in [4.69, 9.17) is 5.73 Å². The first-order valence-electron chi connectivity index (χ1n) is 3.03. The van der Waals surface area contributed by atoms with Gasteiger partial charge in [-0.2, -0.15) is 0 Å². The van der Waals surface area contributed by atoms with Crippen molar-refractivity contribution in [3.05, 3.63) is 18.2 Å². The van der Waals surface area contributed by atoms with Crippen LogP contribution in [-0.2, 0) is 10.8 Å². The molecule has 1 unspecified atom stereocenters. The van der Waals surface area contributed by atoms with Crippen molar-refractivity contribution in [2.24, 2.45) is 0 Å². The molecular formula is C7H10NNaOS2. The molecule has 12 heavy (non-hydrogen) atoms. The van der Waals surface area contributed by atoms with Gasteiger partial charge in [-0.25, -0.2) is 0 Å². The minimum Gasteiger partial charge on any atom is -1.00 e. The van der Waals surface area contributed by atoms with Crippen LogP contribution < -0.4 is 35.3 Å². The predicted octanol–water partition coefficient (Wildman–Crippen LogP) is -1.59. The first-order valence-corrected chi connectivity index (χ1v) is 5.03. The second kappa shape index (κ2) is 5.29. The maximum Gasteiger partial charge on any atom is 1.00 e. The SMILES string of the molecule is CS(=O)c1ccc(S)c(N)c1.[H-].[Na+]. The van der Waals surface area contributed by atoms with Crippen molar-refractivity contribution in [2.75, 3.05) is 12.0 Å². The first-order chi connectivity index (χ1) is 5.11. The van der Waals surface area contributed by atoms with E-state index < -0.39 is 10.8 Å².